The summed E-state index contributed by atoms with van der Waals surface area (Å²) in [7, 11) is 0. The van der Waals surface area contributed by atoms with Crippen molar-refractivity contribution in [1.29, 1.82) is 0 Å². The van der Waals surface area contributed by atoms with Gasteiger partial charge in [-0.15, -0.1) is 0 Å². The average molecular weight is 214 g/mol. The van der Waals surface area contributed by atoms with Crippen LogP contribution in [0.3, 0.4) is 0 Å². The molecule has 0 radical (unpaired) electrons. The molecule has 1 heterocycles. The molecule has 1 saturated heterocycles. The highest BCUT2D eigenvalue weighted by atomic mass is 16.7. The molecule has 0 aromatic rings. The van der Waals surface area contributed by atoms with Crippen LogP contribution in [-0.2, 0) is 9.47 Å². The van der Waals surface area contributed by atoms with E-state index in [1.807, 2.05) is 19.9 Å². The summed E-state index contributed by atoms with van der Waals surface area (Å²) < 4.78 is 11.3. The number of ether oxygens (including phenoxy) is 2. The predicted octanol–water partition coefficient (Wildman–Crippen LogP) is 2.10. The van der Waals surface area contributed by atoms with Crippen molar-refractivity contribution in [2.75, 3.05) is 13.2 Å². The summed E-state index contributed by atoms with van der Waals surface area (Å²) in [5.41, 5.74) is 0. The predicted molar refractivity (Wildman–Crippen MR) is 59.5 cm³/mol. The van der Waals surface area contributed by atoms with Gasteiger partial charge in [-0.3, -0.25) is 0 Å². The Morgan fingerprint density at radius 3 is 2.80 bits per heavy atom. The van der Waals surface area contributed by atoms with E-state index >= 15 is 0 Å². The van der Waals surface area contributed by atoms with Crippen molar-refractivity contribution in [2.24, 2.45) is 5.92 Å². The fraction of sp³-hybridized carbons (Fsp3) is 0.833. The molecule has 0 amide bonds. The van der Waals surface area contributed by atoms with E-state index in [1.165, 1.54) is 0 Å². The van der Waals surface area contributed by atoms with Crippen molar-refractivity contribution in [3.05, 3.63) is 12.2 Å². The molecule has 1 rings (SSSR count). The van der Waals surface area contributed by atoms with Crippen molar-refractivity contribution >= 4 is 0 Å². The summed E-state index contributed by atoms with van der Waals surface area (Å²) in [5.74, 6) is 0.0219. The molecule has 1 fully saturated rings. The molecule has 3 nitrogen and oxygen atoms in total. The Bertz CT molecular complexity index is 211. The van der Waals surface area contributed by atoms with Gasteiger partial charge in [0.05, 0.1) is 19.3 Å². The largest absolute Gasteiger partial charge is 0.392 e. The molecular weight excluding hydrogens is 192 g/mol. The van der Waals surface area contributed by atoms with Crippen LogP contribution in [0.4, 0.5) is 0 Å². The zero-order valence-corrected chi connectivity index (χ0v) is 9.90. The van der Waals surface area contributed by atoms with Crippen molar-refractivity contribution < 1.29 is 14.6 Å². The maximum Gasteiger partial charge on any atom is 0.163 e. The molecular formula is C12H22O3. The van der Waals surface area contributed by atoms with Gasteiger partial charge in [-0.25, -0.2) is 0 Å². The molecule has 1 aliphatic heterocycles. The van der Waals surface area contributed by atoms with Crippen LogP contribution in [0.1, 0.15) is 33.6 Å². The number of rotatable bonds is 4. The topological polar surface area (TPSA) is 38.7 Å². The summed E-state index contributed by atoms with van der Waals surface area (Å²) in [4.78, 5) is 0. The molecule has 0 unspecified atom stereocenters. The summed E-state index contributed by atoms with van der Waals surface area (Å²) >= 11 is 0. The van der Waals surface area contributed by atoms with Gasteiger partial charge in [-0.2, -0.15) is 0 Å². The molecule has 0 bridgehead atoms. The highest BCUT2D eigenvalue weighted by Gasteiger charge is 2.31. The minimum atomic E-state index is -0.447. The summed E-state index contributed by atoms with van der Waals surface area (Å²) in [6.07, 6.45) is 5.95. The van der Waals surface area contributed by atoms with Crippen LogP contribution in [0.5, 0.6) is 0 Å². The molecule has 0 spiro atoms. The third-order valence-electron chi connectivity index (χ3n) is 2.70. The highest BCUT2D eigenvalue weighted by Crippen LogP contribution is 2.27. The van der Waals surface area contributed by atoms with E-state index in [9.17, 15) is 0 Å². The SMILES string of the molecule is C[C@@H](C/C=C/CO)[C@H]1CCOC(C)(C)O1. The van der Waals surface area contributed by atoms with Gasteiger partial charge in [0, 0.05) is 0 Å². The first-order valence-corrected chi connectivity index (χ1v) is 5.63. The van der Waals surface area contributed by atoms with Crippen molar-refractivity contribution in [1.82, 2.24) is 0 Å². The molecule has 88 valence electrons. The summed E-state index contributed by atoms with van der Waals surface area (Å²) in [5, 5.41) is 8.63. The Morgan fingerprint density at radius 2 is 2.20 bits per heavy atom. The van der Waals surface area contributed by atoms with Crippen LogP contribution in [0.2, 0.25) is 0 Å². The van der Waals surface area contributed by atoms with Crippen LogP contribution in [-0.4, -0.2) is 30.2 Å². The van der Waals surface area contributed by atoms with E-state index in [0.29, 0.717) is 5.92 Å². The van der Waals surface area contributed by atoms with Gasteiger partial charge in [-0.1, -0.05) is 19.1 Å². The van der Waals surface area contributed by atoms with Gasteiger partial charge < -0.3 is 14.6 Å². The lowest BCUT2D eigenvalue weighted by atomic mass is 9.97. The Kier molecular flexibility index (Phi) is 4.77. The Labute approximate surface area is 92.1 Å². The van der Waals surface area contributed by atoms with E-state index in [-0.39, 0.29) is 12.7 Å². The Morgan fingerprint density at radius 1 is 1.47 bits per heavy atom. The number of allylic oxidation sites excluding steroid dienone is 1. The second-order valence-electron chi connectivity index (χ2n) is 4.56. The third kappa shape index (κ3) is 4.33. The van der Waals surface area contributed by atoms with Crippen molar-refractivity contribution in [3.63, 3.8) is 0 Å². The minimum Gasteiger partial charge on any atom is -0.392 e. The highest BCUT2D eigenvalue weighted by molar-refractivity contribution is 4.85. The number of hydrogen-bond acceptors (Lipinski definition) is 3. The molecule has 0 aliphatic carbocycles. The van der Waals surface area contributed by atoms with Gasteiger partial charge in [-0.05, 0) is 32.6 Å². The molecule has 3 heteroatoms. The first-order chi connectivity index (χ1) is 7.05. The Balaban J connectivity index is 2.38. The zero-order chi connectivity index (χ0) is 11.3. The van der Waals surface area contributed by atoms with E-state index in [0.717, 1.165) is 19.4 Å². The molecule has 2 atom stereocenters. The minimum absolute atomic E-state index is 0.118. The number of hydrogen-bond donors (Lipinski definition) is 1. The van der Waals surface area contributed by atoms with Crippen LogP contribution in [0, 0.1) is 5.92 Å². The van der Waals surface area contributed by atoms with E-state index < -0.39 is 5.79 Å². The first-order valence-electron chi connectivity index (χ1n) is 5.63. The lowest BCUT2D eigenvalue weighted by Crippen LogP contribution is -2.42. The molecule has 0 saturated carbocycles. The third-order valence-corrected chi connectivity index (χ3v) is 2.70. The fourth-order valence-electron chi connectivity index (χ4n) is 1.82. The Hall–Kier alpha value is -0.380. The summed E-state index contributed by atoms with van der Waals surface area (Å²) in [6, 6.07) is 0. The standard InChI is InChI=1S/C12H22O3/c1-10(6-4-5-8-13)11-7-9-14-12(2,3)15-11/h4-5,10-11,13H,6-9H2,1-3H3/b5-4+/t10-,11+/m0/s1. The van der Waals surface area contributed by atoms with Gasteiger partial charge in [0.15, 0.2) is 5.79 Å². The van der Waals surface area contributed by atoms with Gasteiger partial charge in [0.25, 0.3) is 0 Å². The number of aliphatic hydroxyl groups excluding tert-OH is 1. The zero-order valence-electron chi connectivity index (χ0n) is 9.90. The van der Waals surface area contributed by atoms with Crippen LogP contribution >= 0.6 is 0 Å². The molecule has 0 aromatic carbocycles. The second kappa shape index (κ2) is 5.64. The van der Waals surface area contributed by atoms with Gasteiger partial charge in [0.1, 0.15) is 0 Å². The van der Waals surface area contributed by atoms with Gasteiger partial charge >= 0.3 is 0 Å². The lowest BCUT2D eigenvalue weighted by Gasteiger charge is -2.38. The molecule has 1 aliphatic rings. The fourth-order valence-corrected chi connectivity index (χ4v) is 1.82. The average Bonchev–Trinajstić information content (AvgIpc) is 2.16. The van der Waals surface area contributed by atoms with Crippen LogP contribution < -0.4 is 0 Å². The maximum absolute atomic E-state index is 8.63. The molecule has 1 N–H and O–H groups in total. The van der Waals surface area contributed by atoms with Crippen LogP contribution in [0.15, 0.2) is 12.2 Å². The normalized spacial score (nSPS) is 28.1. The van der Waals surface area contributed by atoms with Crippen molar-refractivity contribution in [2.45, 2.75) is 45.5 Å². The van der Waals surface area contributed by atoms with Crippen LogP contribution in [0.25, 0.3) is 0 Å². The number of aliphatic hydroxyl groups is 1. The van der Waals surface area contributed by atoms with Gasteiger partial charge in [0.2, 0.25) is 0 Å². The first kappa shape index (κ1) is 12.7. The van der Waals surface area contributed by atoms with E-state index in [2.05, 4.69) is 6.92 Å². The van der Waals surface area contributed by atoms with E-state index in [4.69, 9.17) is 14.6 Å². The lowest BCUT2D eigenvalue weighted by molar-refractivity contribution is -0.281. The molecule has 0 aromatic heterocycles. The second-order valence-corrected chi connectivity index (χ2v) is 4.56. The maximum atomic E-state index is 8.63. The van der Waals surface area contributed by atoms with E-state index in [1.54, 1.807) is 6.08 Å². The smallest absolute Gasteiger partial charge is 0.163 e. The monoisotopic (exact) mass is 214 g/mol. The quantitative estimate of drug-likeness (QED) is 0.728. The molecule has 15 heavy (non-hydrogen) atoms. The van der Waals surface area contributed by atoms with Crippen molar-refractivity contribution in [3.8, 4) is 0 Å². The summed E-state index contributed by atoms with van der Waals surface area (Å²) in [6.45, 7) is 6.97.